The molecule has 1 aromatic carbocycles. The average molecular weight is 385 g/mol. The van der Waals surface area contributed by atoms with Gasteiger partial charge in [-0.15, -0.1) is 0 Å². The van der Waals surface area contributed by atoms with Gasteiger partial charge in [0.15, 0.2) is 0 Å². The molecule has 0 aliphatic carbocycles. The van der Waals surface area contributed by atoms with E-state index in [4.69, 9.17) is 0 Å². The fourth-order valence-electron chi connectivity index (χ4n) is 1.17. The zero-order chi connectivity index (χ0) is 10.6. The van der Waals surface area contributed by atoms with Gasteiger partial charge in [-0.3, -0.25) is 4.79 Å². The minimum atomic E-state index is 0.194. The van der Waals surface area contributed by atoms with Crippen LogP contribution in [0.4, 0.5) is 0 Å². The van der Waals surface area contributed by atoms with Crippen molar-refractivity contribution < 1.29 is 4.79 Å². The smallest absolute Gasteiger partial charge is 0.147 e. The summed E-state index contributed by atoms with van der Waals surface area (Å²) in [4.78, 5) is 11.3. The summed E-state index contributed by atoms with van der Waals surface area (Å²) < 4.78 is 1.00. The van der Waals surface area contributed by atoms with Crippen molar-refractivity contribution in [3.05, 3.63) is 33.8 Å². The lowest BCUT2D eigenvalue weighted by atomic mass is 10.0. The highest BCUT2D eigenvalue weighted by Gasteiger charge is 2.09. The van der Waals surface area contributed by atoms with Crippen molar-refractivity contribution in [3.8, 4) is 0 Å². The first-order chi connectivity index (χ1) is 6.69. The molecule has 0 spiro atoms. The van der Waals surface area contributed by atoms with E-state index >= 15 is 0 Å². The fraction of sp³-hybridized carbons (Fsp3) is 0.300. The first kappa shape index (κ1) is 12.4. The van der Waals surface area contributed by atoms with E-state index in [1.165, 1.54) is 0 Å². The van der Waals surface area contributed by atoms with Gasteiger partial charge in [0.25, 0.3) is 0 Å². The van der Waals surface area contributed by atoms with Gasteiger partial charge < -0.3 is 0 Å². The molecule has 0 radical (unpaired) electrons. The minimum absolute atomic E-state index is 0.194. The van der Waals surface area contributed by atoms with Crippen LogP contribution in [-0.2, 0) is 16.5 Å². The van der Waals surface area contributed by atoms with E-state index in [1.54, 1.807) is 0 Å². The molecule has 0 aliphatic heterocycles. The molecule has 0 aromatic heterocycles. The number of hydrogen-bond donors (Lipinski definition) is 0. The Kier molecular flexibility index (Phi) is 5.34. The standard InChI is InChI=1S/C10H9Br3O/c11-5-7-2-1-3-10(13)9(7)4-8(14)6-12/h1-3H,4-6H2. The third-order valence-electron chi connectivity index (χ3n) is 1.88. The second-order valence-corrected chi connectivity index (χ2v) is 4.84. The quantitative estimate of drug-likeness (QED) is 0.721. The van der Waals surface area contributed by atoms with E-state index in [0.717, 1.165) is 20.9 Å². The van der Waals surface area contributed by atoms with Crippen LogP contribution in [0.25, 0.3) is 0 Å². The summed E-state index contributed by atoms with van der Waals surface area (Å²) >= 11 is 10.0. The first-order valence-corrected chi connectivity index (χ1v) is 7.12. The minimum Gasteiger partial charge on any atom is -0.298 e. The van der Waals surface area contributed by atoms with Crippen LogP contribution in [0.15, 0.2) is 22.7 Å². The van der Waals surface area contributed by atoms with E-state index in [0.29, 0.717) is 11.8 Å². The largest absolute Gasteiger partial charge is 0.298 e. The van der Waals surface area contributed by atoms with Crippen molar-refractivity contribution in [2.24, 2.45) is 0 Å². The Hall–Kier alpha value is 0.330. The van der Waals surface area contributed by atoms with Crippen LogP contribution in [0.1, 0.15) is 11.1 Å². The molecular weight excluding hydrogens is 376 g/mol. The SMILES string of the molecule is O=C(CBr)Cc1c(Br)cccc1CBr. The van der Waals surface area contributed by atoms with Gasteiger partial charge in [-0.05, 0) is 17.2 Å². The molecule has 0 saturated carbocycles. The Morgan fingerprint density at radius 3 is 2.57 bits per heavy atom. The lowest BCUT2D eigenvalue weighted by molar-refractivity contribution is -0.115. The summed E-state index contributed by atoms with van der Waals surface area (Å²) in [5, 5.41) is 1.19. The van der Waals surface area contributed by atoms with Crippen molar-refractivity contribution in [1.82, 2.24) is 0 Å². The number of carbonyl (C=O) groups excluding carboxylic acids is 1. The first-order valence-electron chi connectivity index (χ1n) is 4.09. The van der Waals surface area contributed by atoms with E-state index in [1.807, 2.05) is 18.2 Å². The number of rotatable bonds is 4. The molecule has 4 heteroatoms. The molecule has 0 amide bonds. The Bertz CT molecular complexity index is 336. The van der Waals surface area contributed by atoms with Crippen LogP contribution in [0.3, 0.4) is 0 Å². The van der Waals surface area contributed by atoms with Crippen LogP contribution in [0.5, 0.6) is 0 Å². The van der Waals surface area contributed by atoms with Crippen LogP contribution in [0.2, 0.25) is 0 Å². The molecule has 1 aromatic rings. The normalized spacial score (nSPS) is 10.2. The number of alkyl halides is 2. The zero-order valence-corrected chi connectivity index (χ0v) is 12.2. The molecule has 0 fully saturated rings. The van der Waals surface area contributed by atoms with Crippen molar-refractivity contribution in [3.63, 3.8) is 0 Å². The molecule has 0 saturated heterocycles. The van der Waals surface area contributed by atoms with Crippen LogP contribution in [0, 0.1) is 0 Å². The van der Waals surface area contributed by atoms with E-state index in [-0.39, 0.29) is 5.78 Å². The monoisotopic (exact) mass is 382 g/mol. The van der Waals surface area contributed by atoms with Gasteiger partial charge in [0, 0.05) is 16.2 Å². The second-order valence-electron chi connectivity index (χ2n) is 2.86. The number of Topliss-reactive ketones (excluding diaryl/α,β-unsaturated/α-hetero) is 1. The van der Waals surface area contributed by atoms with Crippen molar-refractivity contribution in [2.75, 3.05) is 5.33 Å². The lowest BCUT2D eigenvalue weighted by Crippen LogP contribution is -2.06. The van der Waals surface area contributed by atoms with E-state index in [2.05, 4.69) is 47.8 Å². The molecule has 14 heavy (non-hydrogen) atoms. The number of carbonyl (C=O) groups is 1. The van der Waals surface area contributed by atoms with Gasteiger partial charge in [-0.25, -0.2) is 0 Å². The Morgan fingerprint density at radius 2 is 2.00 bits per heavy atom. The average Bonchev–Trinajstić information content (AvgIpc) is 2.20. The van der Waals surface area contributed by atoms with Gasteiger partial charge in [0.05, 0.1) is 5.33 Å². The Balaban J connectivity index is 2.98. The maximum atomic E-state index is 11.3. The summed E-state index contributed by atoms with van der Waals surface area (Å²) in [6.07, 6.45) is 0.480. The second kappa shape index (κ2) is 6.03. The van der Waals surface area contributed by atoms with Crippen molar-refractivity contribution in [2.45, 2.75) is 11.8 Å². The highest BCUT2D eigenvalue weighted by Crippen LogP contribution is 2.23. The highest BCUT2D eigenvalue weighted by atomic mass is 79.9. The lowest BCUT2D eigenvalue weighted by Gasteiger charge is -2.07. The van der Waals surface area contributed by atoms with Gasteiger partial charge >= 0.3 is 0 Å². The van der Waals surface area contributed by atoms with Crippen LogP contribution >= 0.6 is 47.8 Å². The molecule has 0 atom stereocenters. The maximum absolute atomic E-state index is 11.3. The van der Waals surface area contributed by atoms with Gasteiger partial charge in [0.1, 0.15) is 5.78 Å². The summed E-state index contributed by atoms with van der Waals surface area (Å²) in [6.45, 7) is 0. The molecular formula is C10H9Br3O. The van der Waals surface area contributed by atoms with Crippen LogP contribution in [-0.4, -0.2) is 11.1 Å². The molecule has 1 nitrogen and oxygen atoms in total. The van der Waals surface area contributed by atoms with Crippen LogP contribution < -0.4 is 0 Å². The molecule has 0 unspecified atom stereocenters. The fourth-order valence-corrected chi connectivity index (χ4v) is 2.44. The topological polar surface area (TPSA) is 17.1 Å². The molecule has 0 heterocycles. The summed E-state index contributed by atoms with van der Waals surface area (Å²) in [5.41, 5.74) is 2.24. The summed E-state index contributed by atoms with van der Waals surface area (Å²) in [7, 11) is 0. The molecule has 0 aliphatic rings. The van der Waals surface area contributed by atoms with Crippen molar-refractivity contribution in [1.29, 1.82) is 0 Å². The highest BCUT2D eigenvalue weighted by molar-refractivity contribution is 9.10. The summed E-state index contributed by atoms with van der Waals surface area (Å²) in [6, 6.07) is 5.96. The number of halogens is 3. The summed E-state index contributed by atoms with van der Waals surface area (Å²) in [5.74, 6) is 0.194. The van der Waals surface area contributed by atoms with Gasteiger partial charge in [-0.2, -0.15) is 0 Å². The molecule has 0 N–H and O–H groups in total. The third kappa shape index (κ3) is 3.17. The predicted molar refractivity (Wildman–Crippen MR) is 69.3 cm³/mol. The van der Waals surface area contributed by atoms with E-state index in [9.17, 15) is 4.79 Å². The van der Waals surface area contributed by atoms with Gasteiger partial charge in [0.2, 0.25) is 0 Å². The number of hydrogen-bond acceptors (Lipinski definition) is 1. The number of ketones is 1. The predicted octanol–water partition coefficient (Wildman–Crippen LogP) is 3.85. The maximum Gasteiger partial charge on any atom is 0.147 e. The Morgan fingerprint density at radius 1 is 1.29 bits per heavy atom. The third-order valence-corrected chi connectivity index (χ3v) is 3.86. The number of benzene rings is 1. The van der Waals surface area contributed by atoms with Crippen molar-refractivity contribution >= 4 is 53.6 Å². The zero-order valence-electron chi connectivity index (χ0n) is 7.40. The molecule has 0 bridgehead atoms. The van der Waals surface area contributed by atoms with E-state index < -0.39 is 0 Å². The Labute approximate surface area is 109 Å². The van der Waals surface area contributed by atoms with Gasteiger partial charge in [-0.1, -0.05) is 59.9 Å². The molecule has 1 rings (SSSR count). The molecule has 76 valence electrons.